The van der Waals surface area contributed by atoms with Gasteiger partial charge < -0.3 is 5.32 Å². The van der Waals surface area contributed by atoms with Crippen LogP contribution >= 0.6 is 15.9 Å². The summed E-state index contributed by atoms with van der Waals surface area (Å²) in [6, 6.07) is -1.16. The number of alkyl halides is 4. The van der Waals surface area contributed by atoms with Gasteiger partial charge in [-0.1, -0.05) is 0 Å². The highest BCUT2D eigenvalue weighted by atomic mass is 79.9. The molecule has 0 aliphatic heterocycles. The van der Waals surface area contributed by atoms with Crippen LogP contribution < -0.4 is 5.32 Å². The van der Waals surface area contributed by atoms with Crippen LogP contribution in [-0.2, 0) is 0 Å². The van der Waals surface area contributed by atoms with Gasteiger partial charge in [-0.2, -0.15) is 0 Å². The molecule has 2 aliphatic carbocycles. The molecule has 4 nitrogen and oxygen atoms in total. The highest BCUT2D eigenvalue weighted by Gasteiger charge is 2.45. The third-order valence-corrected chi connectivity index (χ3v) is 3.66. The minimum Gasteiger partial charge on any atom is -0.382 e. The predicted octanol–water partition coefficient (Wildman–Crippen LogP) is 2.78. The Balaban J connectivity index is 1.96. The normalized spacial score (nSPS) is 33.5. The van der Waals surface area contributed by atoms with E-state index in [1.54, 1.807) is 0 Å². The van der Waals surface area contributed by atoms with Crippen LogP contribution in [0.4, 0.5) is 13.2 Å². The summed E-state index contributed by atoms with van der Waals surface area (Å²) in [4.78, 5) is 10.3. The molecule has 0 spiro atoms. The zero-order valence-corrected chi connectivity index (χ0v) is 11.4. The largest absolute Gasteiger partial charge is 0.382 e. The zero-order chi connectivity index (χ0) is 14.3. The van der Waals surface area contributed by atoms with Crippen LogP contribution in [0, 0.1) is 16.0 Å². The molecule has 0 saturated heterocycles. The quantitative estimate of drug-likeness (QED) is 0.370. The van der Waals surface area contributed by atoms with Crippen LogP contribution in [0.3, 0.4) is 0 Å². The number of hydrogen-bond acceptors (Lipinski definition) is 3. The van der Waals surface area contributed by atoms with Crippen molar-refractivity contribution in [2.24, 2.45) is 5.92 Å². The molecule has 0 bridgehead atoms. The van der Waals surface area contributed by atoms with E-state index in [-0.39, 0.29) is 31.0 Å². The lowest BCUT2D eigenvalue weighted by Gasteiger charge is -2.35. The van der Waals surface area contributed by atoms with Crippen LogP contribution in [0.25, 0.3) is 0 Å². The van der Waals surface area contributed by atoms with Crippen LogP contribution in [0.1, 0.15) is 12.8 Å². The summed E-state index contributed by atoms with van der Waals surface area (Å²) in [5.74, 6) is -2.87. The van der Waals surface area contributed by atoms with E-state index in [1.807, 2.05) is 0 Å². The summed E-state index contributed by atoms with van der Waals surface area (Å²) in [6.45, 7) is 0.183. The molecule has 1 fully saturated rings. The molecule has 2 atom stereocenters. The second-order valence-corrected chi connectivity index (χ2v) is 6.09. The SMILES string of the molecule is O=[N+]([O-])C1C=CC(F)(Br)C=C1NCC1CC(F)(F)C1. The Morgan fingerprint density at radius 3 is 2.63 bits per heavy atom. The lowest BCUT2D eigenvalue weighted by atomic mass is 9.81. The van der Waals surface area contributed by atoms with E-state index >= 15 is 0 Å². The predicted molar refractivity (Wildman–Crippen MR) is 66.4 cm³/mol. The Bertz CT molecular complexity index is 443. The summed E-state index contributed by atoms with van der Waals surface area (Å²) in [7, 11) is 0. The third kappa shape index (κ3) is 3.49. The molecule has 0 radical (unpaired) electrons. The topological polar surface area (TPSA) is 55.2 Å². The number of allylic oxidation sites excluding steroid dienone is 2. The third-order valence-electron chi connectivity index (χ3n) is 3.16. The minimum absolute atomic E-state index is 0.0853. The van der Waals surface area contributed by atoms with Crippen molar-refractivity contribution >= 4 is 15.9 Å². The van der Waals surface area contributed by atoms with E-state index in [4.69, 9.17) is 0 Å². The molecule has 0 aromatic heterocycles. The number of halogens is 4. The fourth-order valence-corrected chi connectivity index (χ4v) is 2.59. The van der Waals surface area contributed by atoms with Gasteiger partial charge in [-0.3, -0.25) is 10.1 Å². The van der Waals surface area contributed by atoms with E-state index in [0.717, 1.165) is 18.2 Å². The summed E-state index contributed by atoms with van der Waals surface area (Å²) in [5, 5.41) is 13.5. The Kier molecular flexibility index (Phi) is 3.63. The van der Waals surface area contributed by atoms with Gasteiger partial charge in [0, 0.05) is 24.3 Å². The number of rotatable bonds is 4. The molecule has 19 heavy (non-hydrogen) atoms. The highest BCUT2D eigenvalue weighted by molar-refractivity contribution is 9.10. The molecule has 0 amide bonds. The Labute approximate surface area is 116 Å². The summed E-state index contributed by atoms with van der Waals surface area (Å²) < 4.78 is 37.0. The van der Waals surface area contributed by atoms with Crippen LogP contribution in [0.15, 0.2) is 23.9 Å². The van der Waals surface area contributed by atoms with Gasteiger partial charge in [0.25, 0.3) is 6.04 Å². The first-order valence-electron chi connectivity index (χ1n) is 5.74. The first kappa shape index (κ1) is 14.4. The number of nitrogens with one attached hydrogen (secondary N) is 1. The molecule has 2 unspecified atom stereocenters. The van der Waals surface area contributed by atoms with Crippen molar-refractivity contribution in [3.63, 3.8) is 0 Å². The average Bonchev–Trinajstić information content (AvgIpc) is 2.21. The molecule has 0 heterocycles. The van der Waals surface area contributed by atoms with Gasteiger partial charge in [-0.05, 0) is 40.1 Å². The van der Waals surface area contributed by atoms with Crippen molar-refractivity contribution < 1.29 is 18.1 Å². The standard InChI is InChI=1S/C11H12BrF3N2O2/c12-10(13)2-1-9(17(18)19)8(5-10)16-6-7-3-11(14,15)4-7/h1-2,5,7,9,16H,3-4,6H2. The maximum atomic E-state index is 13.7. The summed E-state index contributed by atoms with van der Waals surface area (Å²) >= 11 is 2.75. The molecule has 8 heteroatoms. The monoisotopic (exact) mass is 340 g/mol. The lowest BCUT2D eigenvalue weighted by Crippen LogP contribution is -2.43. The smallest absolute Gasteiger partial charge is 0.270 e. The van der Waals surface area contributed by atoms with Gasteiger partial charge >= 0.3 is 0 Å². The maximum absolute atomic E-state index is 13.7. The average molecular weight is 341 g/mol. The van der Waals surface area contributed by atoms with E-state index in [9.17, 15) is 23.3 Å². The van der Waals surface area contributed by atoms with Crippen molar-refractivity contribution in [1.29, 1.82) is 0 Å². The number of nitrogens with zero attached hydrogens (tertiary/aromatic N) is 1. The maximum Gasteiger partial charge on any atom is 0.270 e. The lowest BCUT2D eigenvalue weighted by molar-refractivity contribution is -0.500. The Morgan fingerprint density at radius 1 is 1.47 bits per heavy atom. The zero-order valence-electron chi connectivity index (χ0n) is 9.78. The molecule has 1 N–H and O–H groups in total. The molecule has 106 valence electrons. The van der Waals surface area contributed by atoms with Crippen LogP contribution in [0.2, 0.25) is 0 Å². The fraction of sp³-hybridized carbons (Fsp3) is 0.636. The molecule has 0 aromatic carbocycles. The molecular weight excluding hydrogens is 329 g/mol. The van der Waals surface area contributed by atoms with Crippen molar-refractivity contribution in [2.75, 3.05) is 6.54 Å². The van der Waals surface area contributed by atoms with E-state index < -0.39 is 21.5 Å². The van der Waals surface area contributed by atoms with Crippen LogP contribution in [-0.4, -0.2) is 28.0 Å². The van der Waals surface area contributed by atoms with Gasteiger partial charge in [-0.15, -0.1) is 0 Å². The van der Waals surface area contributed by atoms with E-state index in [0.29, 0.717) is 0 Å². The second-order valence-electron chi connectivity index (χ2n) is 4.87. The van der Waals surface area contributed by atoms with Crippen molar-refractivity contribution in [3.05, 3.63) is 34.0 Å². The summed E-state index contributed by atoms with van der Waals surface area (Å²) in [6.07, 6.45) is 2.76. The van der Waals surface area contributed by atoms with Gasteiger partial charge in [0.2, 0.25) is 10.5 Å². The Morgan fingerprint density at radius 2 is 2.11 bits per heavy atom. The summed E-state index contributed by atoms with van der Waals surface area (Å²) in [5.41, 5.74) is 0.0853. The molecule has 2 rings (SSSR count). The minimum atomic E-state index is -2.63. The van der Waals surface area contributed by atoms with E-state index in [2.05, 4.69) is 21.2 Å². The van der Waals surface area contributed by atoms with Gasteiger partial charge in [0.05, 0.1) is 5.70 Å². The van der Waals surface area contributed by atoms with E-state index in [1.165, 1.54) is 0 Å². The van der Waals surface area contributed by atoms with Gasteiger partial charge in [-0.25, -0.2) is 13.2 Å². The van der Waals surface area contributed by atoms with Gasteiger partial charge in [0.15, 0.2) is 0 Å². The van der Waals surface area contributed by atoms with Crippen molar-refractivity contribution in [1.82, 2.24) is 5.32 Å². The first-order valence-corrected chi connectivity index (χ1v) is 6.53. The number of hydrogen-bond donors (Lipinski definition) is 1. The number of nitro groups is 1. The van der Waals surface area contributed by atoms with Crippen molar-refractivity contribution in [3.8, 4) is 0 Å². The van der Waals surface area contributed by atoms with Crippen LogP contribution in [0.5, 0.6) is 0 Å². The molecular formula is C11H12BrF3N2O2. The first-order chi connectivity index (χ1) is 8.69. The second kappa shape index (κ2) is 4.81. The molecule has 1 saturated carbocycles. The van der Waals surface area contributed by atoms with Gasteiger partial charge in [0.1, 0.15) is 0 Å². The fourth-order valence-electron chi connectivity index (χ4n) is 2.19. The highest BCUT2D eigenvalue weighted by Crippen LogP contribution is 2.42. The molecule has 2 aliphatic rings. The molecule has 0 aromatic rings. The van der Waals surface area contributed by atoms with Crippen molar-refractivity contribution in [2.45, 2.75) is 29.4 Å². The Hall–Kier alpha value is -1.05.